The van der Waals surface area contributed by atoms with Gasteiger partial charge in [0, 0.05) is 40.0 Å². The van der Waals surface area contributed by atoms with Crippen LogP contribution in [0.3, 0.4) is 0 Å². The molecule has 0 aliphatic carbocycles. The number of aromatic nitrogens is 1. The molecule has 0 unspecified atom stereocenters. The van der Waals surface area contributed by atoms with Gasteiger partial charge in [0.05, 0.1) is 11.4 Å². The number of aryl methyl sites for hydroxylation is 1. The molecule has 4 aromatic carbocycles. The molecule has 0 fully saturated rings. The highest BCUT2D eigenvalue weighted by Crippen LogP contribution is 2.51. The quantitative estimate of drug-likeness (QED) is 0.248. The lowest BCUT2D eigenvalue weighted by Crippen LogP contribution is -2.30. The van der Waals surface area contributed by atoms with Gasteiger partial charge in [0.15, 0.2) is 0 Å². The molecule has 0 atom stereocenters. The van der Waals surface area contributed by atoms with Gasteiger partial charge in [-0.25, -0.2) is 0 Å². The van der Waals surface area contributed by atoms with Gasteiger partial charge < -0.3 is 9.47 Å². The first-order valence-electron chi connectivity index (χ1n) is 11.7. The van der Waals surface area contributed by atoms with E-state index in [1.807, 2.05) is 0 Å². The summed E-state index contributed by atoms with van der Waals surface area (Å²) in [4.78, 5) is 2.43. The highest BCUT2D eigenvalue weighted by Gasteiger charge is 2.36. The maximum atomic E-state index is 3.36. The molecule has 34 heavy (non-hydrogen) atoms. The van der Waals surface area contributed by atoms with E-state index in [4.69, 9.17) is 0 Å². The van der Waals surface area contributed by atoms with Gasteiger partial charge in [-0.1, -0.05) is 93.8 Å². The highest BCUT2D eigenvalue weighted by molar-refractivity contribution is 6.09. The predicted molar refractivity (Wildman–Crippen MR) is 148 cm³/mol. The fourth-order valence-electron chi connectivity index (χ4n) is 5.24. The van der Waals surface area contributed by atoms with Crippen molar-refractivity contribution in [1.29, 1.82) is 0 Å². The van der Waals surface area contributed by atoms with E-state index in [1.165, 1.54) is 50.0 Å². The molecule has 2 heteroatoms. The van der Waals surface area contributed by atoms with Gasteiger partial charge in [-0.3, -0.25) is 0 Å². The molecule has 2 heterocycles. The molecule has 0 bridgehead atoms. The Morgan fingerprint density at radius 3 is 1.79 bits per heavy atom. The van der Waals surface area contributed by atoms with Crippen LogP contribution in [0.15, 0.2) is 116 Å². The standard InChI is InChI=1S/C28H24N2.C4H6/c1-28(2)22-11-5-8-14-26(22)30(27-15-9-6-12-23(27)28)19-16-17-25-21(18-19)20-10-4-7-13-24(20)29(25)3;1-3-4-2/h4-18H,1-3H3;3-4H,1-2H2. The van der Waals surface area contributed by atoms with Gasteiger partial charge >= 0.3 is 0 Å². The molecule has 5 aromatic rings. The van der Waals surface area contributed by atoms with E-state index < -0.39 is 0 Å². The van der Waals surface area contributed by atoms with Gasteiger partial charge in [0.1, 0.15) is 0 Å². The lowest BCUT2D eigenvalue weighted by atomic mass is 9.73. The van der Waals surface area contributed by atoms with Gasteiger partial charge in [-0.05, 0) is 47.5 Å². The van der Waals surface area contributed by atoms with Crippen molar-refractivity contribution >= 4 is 38.9 Å². The number of fused-ring (bicyclic) bond motifs is 5. The summed E-state index contributed by atoms with van der Waals surface area (Å²) in [6.45, 7) is 11.4. The summed E-state index contributed by atoms with van der Waals surface area (Å²) in [5, 5.41) is 2.60. The van der Waals surface area contributed by atoms with Crippen LogP contribution >= 0.6 is 0 Å². The molecule has 0 spiro atoms. The molecular weight excluding hydrogens is 412 g/mol. The second-order valence-corrected chi connectivity index (χ2v) is 9.24. The van der Waals surface area contributed by atoms with Crippen molar-refractivity contribution in [3.05, 3.63) is 127 Å². The van der Waals surface area contributed by atoms with E-state index >= 15 is 0 Å². The van der Waals surface area contributed by atoms with E-state index in [0.717, 1.165) is 0 Å². The Morgan fingerprint density at radius 1 is 0.647 bits per heavy atom. The Morgan fingerprint density at radius 2 is 1.18 bits per heavy atom. The number of hydrogen-bond acceptors (Lipinski definition) is 1. The fourth-order valence-corrected chi connectivity index (χ4v) is 5.24. The Kier molecular flexibility index (Phi) is 5.37. The van der Waals surface area contributed by atoms with Crippen LogP contribution < -0.4 is 4.90 Å². The van der Waals surface area contributed by atoms with Crippen molar-refractivity contribution in [1.82, 2.24) is 4.57 Å². The molecule has 0 N–H and O–H groups in total. The number of para-hydroxylation sites is 3. The van der Waals surface area contributed by atoms with Crippen LogP contribution in [0.2, 0.25) is 0 Å². The van der Waals surface area contributed by atoms with Crippen LogP contribution in [0.4, 0.5) is 17.1 Å². The minimum atomic E-state index is -0.0345. The van der Waals surface area contributed by atoms with Gasteiger partial charge in [-0.2, -0.15) is 0 Å². The fraction of sp³-hybridized carbons (Fsp3) is 0.125. The first kappa shape index (κ1) is 21.8. The monoisotopic (exact) mass is 442 g/mol. The van der Waals surface area contributed by atoms with Crippen molar-refractivity contribution < 1.29 is 0 Å². The molecule has 0 amide bonds. The number of nitrogens with zero attached hydrogens (tertiary/aromatic N) is 2. The Balaban J connectivity index is 0.000000560. The number of benzene rings is 4. The zero-order valence-electron chi connectivity index (χ0n) is 20.1. The summed E-state index contributed by atoms with van der Waals surface area (Å²) in [6.07, 6.45) is 3.28. The topological polar surface area (TPSA) is 8.17 Å². The third kappa shape index (κ3) is 3.26. The Labute approximate surface area is 202 Å². The van der Waals surface area contributed by atoms with Crippen LogP contribution in [0.25, 0.3) is 21.8 Å². The predicted octanol–water partition coefficient (Wildman–Crippen LogP) is 8.80. The molecule has 0 radical (unpaired) electrons. The smallest absolute Gasteiger partial charge is 0.0502 e. The molecule has 168 valence electrons. The van der Waals surface area contributed by atoms with Crippen molar-refractivity contribution in [2.45, 2.75) is 19.3 Å². The van der Waals surface area contributed by atoms with E-state index in [0.29, 0.717) is 0 Å². The van der Waals surface area contributed by atoms with E-state index in [1.54, 1.807) is 12.2 Å². The van der Waals surface area contributed by atoms with Gasteiger partial charge in [-0.15, -0.1) is 0 Å². The van der Waals surface area contributed by atoms with E-state index in [9.17, 15) is 0 Å². The lowest BCUT2D eigenvalue weighted by Gasteiger charge is -2.42. The number of allylic oxidation sites excluding steroid dienone is 2. The van der Waals surface area contributed by atoms with Crippen LogP contribution in [0.1, 0.15) is 25.0 Å². The summed E-state index contributed by atoms with van der Waals surface area (Å²) < 4.78 is 2.29. The number of hydrogen-bond donors (Lipinski definition) is 0. The minimum Gasteiger partial charge on any atom is -0.344 e. The average Bonchev–Trinajstić information content (AvgIpc) is 3.16. The first-order valence-corrected chi connectivity index (χ1v) is 11.7. The van der Waals surface area contributed by atoms with Gasteiger partial charge in [0.2, 0.25) is 0 Å². The van der Waals surface area contributed by atoms with Crippen LogP contribution in [0.5, 0.6) is 0 Å². The second-order valence-electron chi connectivity index (χ2n) is 9.24. The molecule has 1 aliphatic rings. The SMILES string of the molecule is C=CC=C.Cn1c2ccccc2c2cc(N3c4ccccc4C(C)(C)c4ccccc43)ccc21. The summed E-state index contributed by atoms with van der Waals surface area (Å²) in [5.74, 6) is 0. The molecular formula is C32H30N2. The normalized spacial score (nSPS) is 13.6. The maximum absolute atomic E-state index is 3.36. The number of rotatable bonds is 2. The zero-order valence-corrected chi connectivity index (χ0v) is 20.1. The summed E-state index contributed by atoms with van der Waals surface area (Å²) in [5.41, 5.74) is 8.95. The molecule has 0 saturated carbocycles. The van der Waals surface area contributed by atoms with Crippen LogP contribution in [0, 0.1) is 0 Å². The molecule has 2 nitrogen and oxygen atoms in total. The summed E-state index contributed by atoms with van der Waals surface area (Å²) in [6, 6.07) is 33.2. The third-order valence-electron chi connectivity index (χ3n) is 6.96. The zero-order chi connectivity index (χ0) is 23.9. The average molecular weight is 443 g/mol. The molecule has 6 rings (SSSR count). The second kappa shape index (κ2) is 8.39. The Bertz CT molecular complexity index is 1480. The summed E-state index contributed by atoms with van der Waals surface area (Å²) in [7, 11) is 2.15. The van der Waals surface area contributed by atoms with Crippen LogP contribution in [-0.4, -0.2) is 4.57 Å². The minimum absolute atomic E-state index is 0.0345. The molecule has 1 aromatic heterocycles. The van der Waals surface area contributed by atoms with E-state index in [2.05, 4.69) is 135 Å². The third-order valence-corrected chi connectivity index (χ3v) is 6.96. The highest BCUT2D eigenvalue weighted by atomic mass is 15.2. The van der Waals surface area contributed by atoms with Crippen molar-refractivity contribution in [2.24, 2.45) is 7.05 Å². The van der Waals surface area contributed by atoms with E-state index in [-0.39, 0.29) is 5.41 Å². The number of anilines is 3. The summed E-state index contributed by atoms with van der Waals surface area (Å²) >= 11 is 0. The Hall–Kier alpha value is -4.04. The largest absolute Gasteiger partial charge is 0.344 e. The maximum Gasteiger partial charge on any atom is 0.0502 e. The molecule has 1 aliphatic heterocycles. The van der Waals surface area contributed by atoms with Gasteiger partial charge in [0.25, 0.3) is 0 Å². The van der Waals surface area contributed by atoms with Crippen molar-refractivity contribution in [2.75, 3.05) is 4.90 Å². The molecule has 0 saturated heterocycles. The van der Waals surface area contributed by atoms with Crippen molar-refractivity contribution in [3.63, 3.8) is 0 Å². The first-order chi connectivity index (χ1) is 16.5. The lowest BCUT2D eigenvalue weighted by molar-refractivity contribution is 0.632. The van der Waals surface area contributed by atoms with Crippen LogP contribution in [-0.2, 0) is 12.5 Å². The van der Waals surface area contributed by atoms with Crippen molar-refractivity contribution in [3.8, 4) is 0 Å².